The van der Waals surface area contributed by atoms with Gasteiger partial charge in [-0.15, -0.1) is 11.3 Å². The molecule has 0 bridgehead atoms. The zero-order valence-corrected chi connectivity index (χ0v) is 8.58. The van der Waals surface area contributed by atoms with Crippen LogP contribution in [0.15, 0.2) is 18.2 Å². The normalized spacial score (nSPS) is 10.6. The van der Waals surface area contributed by atoms with Crippen LogP contribution in [0.2, 0.25) is 4.34 Å². The molecule has 2 aromatic rings. The maximum atomic E-state index is 10.7. The van der Waals surface area contributed by atoms with Gasteiger partial charge >= 0.3 is 0 Å². The number of thiophene rings is 1. The Balaban J connectivity index is 2.93. The van der Waals surface area contributed by atoms with Crippen molar-refractivity contribution < 1.29 is 4.79 Å². The molecule has 0 amide bonds. The summed E-state index contributed by atoms with van der Waals surface area (Å²) in [5.41, 5.74) is 1.78. The molecule has 0 saturated heterocycles. The predicted octanol–water partition coefficient (Wildman–Crippen LogP) is 3.68. The van der Waals surface area contributed by atoms with Crippen molar-refractivity contribution in [1.82, 2.24) is 0 Å². The van der Waals surface area contributed by atoms with Crippen LogP contribution in [0.5, 0.6) is 0 Å². The van der Waals surface area contributed by atoms with Crippen molar-refractivity contribution in [3.63, 3.8) is 0 Å². The highest BCUT2D eigenvalue weighted by Gasteiger charge is 2.10. The molecule has 0 fully saturated rings. The maximum Gasteiger partial charge on any atom is 0.153 e. The van der Waals surface area contributed by atoms with E-state index in [0.717, 1.165) is 21.9 Å². The summed E-state index contributed by atoms with van der Waals surface area (Å²) in [7, 11) is 0. The minimum absolute atomic E-state index is 0.583. The fraction of sp³-hybridized carbons (Fsp3) is 0.100. The van der Waals surface area contributed by atoms with E-state index in [4.69, 9.17) is 11.6 Å². The second-order valence-electron chi connectivity index (χ2n) is 2.86. The Hall–Kier alpha value is -0.860. The Kier molecular flexibility index (Phi) is 2.10. The highest BCUT2D eigenvalue weighted by atomic mass is 35.5. The number of rotatable bonds is 1. The van der Waals surface area contributed by atoms with Crippen molar-refractivity contribution in [1.29, 1.82) is 0 Å². The van der Waals surface area contributed by atoms with Crippen molar-refractivity contribution in [3.8, 4) is 0 Å². The third kappa shape index (κ3) is 1.26. The summed E-state index contributed by atoms with van der Waals surface area (Å²) < 4.78 is 1.69. The first-order valence-corrected chi connectivity index (χ1v) is 5.06. The van der Waals surface area contributed by atoms with E-state index < -0.39 is 0 Å². The lowest BCUT2D eigenvalue weighted by atomic mass is 10.1. The quantitative estimate of drug-likeness (QED) is 0.657. The second-order valence-corrected chi connectivity index (χ2v) is 4.48. The lowest BCUT2D eigenvalue weighted by Gasteiger charge is -1.93. The van der Waals surface area contributed by atoms with Gasteiger partial charge in [0.15, 0.2) is 6.29 Å². The fourth-order valence-electron chi connectivity index (χ4n) is 1.36. The van der Waals surface area contributed by atoms with Crippen LogP contribution in [0.1, 0.15) is 15.9 Å². The Morgan fingerprint density at radius 3 is 2.92 bits per heavy atom. The molecule has 0 N–H and O–H groups in total. The summed E-state index contributed by atoms with van der Waals surface area (Å²) in [4.78, 5) is 10.7. The Morgan fingerprint density at radius 1 is 1.46 bits per heavy atom. The second kappa shape index (κ2) is 3.13. The summed E-state index contributed by atoms with van der Waals surface area (Å²) in [6, 6.07) is 5.88. The maximum absolute atomic E-state index is 10.7. The van der Waals surface area contributed by atoms with Gasteiger partial charge in [-0.05, 0) is 12.5 Å². The molecule has 0 unspecified atom stereocenters. The molecule has 2 rings (SSSR count). The smallest absolute Gasteiger partial charge is 0.153 e. The van der Waals surface area contributed by atoms with E-state index >= 15 is 0 Å². The number of aldehydes is 1. The molecule has 1 aromatic carbocycles. The number of carbonyl (C=O) groups excluding carboxylic acids is 1. The Labute approximate surface area is 84.9 Å². The lowest BCUT2D eigenvalue weighted by Crippen LogP contribution is -1.77. The number of carbonyl (C=O) groups is 1. The van der Waals surface area contributed by atoms with Crippen LogP contribution in [0.4, 0.5) is 0 Å². The molecule has 0 aliphatic carbocycles. The molecule has 66 valence electrons. The molecule has 1 nitrogen and oxygen atoms in total. The van der Waals surface area contributed by atoms with Crippen LogP contribution in [-0.2, 0) is 0 Å². The number of benzene rings is 1. The average molecular weight is 211 g/mol. The minimum atomic E-state index is 0.583. The van der Waals surface area contributed by atoms with Gasteiger partial charge in [-0.25, -0.2) is 0 Å². The van der Waals surface area contributed by atoms with Crippen LogP contribution < -0.4 is 0 Å². The topological polar surface area (TPSA) is 17.1 Å². The van der Waals surface area contributed by atoms with Gasteiger partial charge in [0.05, 0.1) is 5.56 Å². The van der Waals surface area contributed by atoms with Gasteiger partial charge in [-0.2, -0.15) is 0 Å². The Bertz CT molecular complexity index is 473. The number of hydrogen-bond donors (Lipinski definition) is 0. The van der Waals surface area contributed by atoms with Gasteiger partial charge in [0.25, 0.3) is 0 Å². The minimum Gasteiger partial charge on any atom is -0.298 e. The summed E-state index contributed by atoms with van der Waals surface area (Å²) in [5, 5.41) is 0.963. The molecule has 0 saturated carbocycles. The zero-order valence-electron chi connectivity index (χ0n) is 7.00. The third-order valence-electron chi connectivity index (χ3n) is 2.02. The molecule has 0 spiro atoms. The molecule has 1 heterocycles. The van der Waals surface area contributed by atoms with Gasteiger partial charge in [-0.3, -0.25) is 4.79 Å². The first-order chi connectivity index (χ1) is 6.24. The van der Waals surface area contributed by atoms with Crippen LogP contribution in [0.3, 0.4) is 0 Å². The summed E-state index contributed by atoms with van der Waals surface area (Å²) in [6.45, 7) is 2.02. The van der Waals surface area contributed by atoms with Crippen LogP contribution >= 0.6 is 22.9 Å². The molecule has 0 aliphatic heterocycles. The van der Waals surface area contributed by atoms with Crippen molar-refractivity contribution in [3.05, 3.63) is 33.7 Å². The van der Waals surface area contributed by atoms with E-state index in [2.05, 4.69) is 0 Å². The highest BCUT2D eigenvalue weighted by Crippen LogP contribution is 2.35. The first kappa shape index (κ1) is 8.73. The molecule has 1 aromatic heterocycles. The number of fused-ring (bicyclic) bond motifs is 1. The standard InChI is InChI=1S/C10H7ClOS/c1-6-3-2-4-7-8(5-12)10(11)13-9(6)7/h2-5H,1H3. The third-order valence-corrected chi connectivity index (χ3v) is 3.60. The van der Waals surface area contributed by atoms with E-state index in [1.54, 1.807) is 0 Å². The van der Waals surface area contributed by atoms with Gasteiger partial charge in [-0.1, -0.05) is 29.8 Å². The van der Waals surface area contributed by atoms with Crippen LogP contribution in [-0.4, -0.2) is 6.29 Å². The van der Waals surface area contributed by atoms with Crippen molar-refractivity contribution in [2.45, 2.75) is 6.92 Å². The molecular formula is C10H7ClOS. The molecule has 0 atom stereocenters. The van der Waals surface area contributed by atoms with Gasteiger partial charge in [0.2, 0.25) is 0 Å². The van der Waals surface area contributed by atoms with E-state index in [0.29, 0.717) is 9.90 Å². The van der Waals surface area contributed by atoms with Gasteiger partial charge < -0.3 is 0 Å². The monoisotopic (exact) mass is 210 g/mol. The average Bonchev–Trinajstić information content (AvgIpc) is 2.43. The number of halogens is 1. The summed E-state index contributed by atoms with van der Waals surface area (Å²) >= 11 is 7.39. The number of aryl methyl sites for hydroxylation is 1. The molecule has 3 heteroatoms. The molecule has 0 radical (unpaired) electrons. The predicted molar refractivity (Wildman–Crippen MR) is 57.0 cm³/mol. The fourth-order valence-corrected chi connectivity index (χ4v) is 2.70. The molecule has 13 heavy (non-hydrogen) atoms. The zero-order chi connectivity index (χ0) is 9.42. The highest BCUT2D eigenvalue weighted by molar-refractivity contribution is 7.23. The first-order valence-electron chi connectivity index (χ1n) is 3.87. The van der Waals surface area contributed by atoms with Crippen molar-refractivity contribution >= 4 is 39.3 Å². The van der Waals surface area contributed by atoms with E-state index in [1.807, 2.05) is 25.1 Å². The summed E-state index contributed by atoms with van der Waals surface area (Å²) in [5.74, 6) is 0. The van der Waals surface area contributed by atoms with Crippen LogP contribution in [0, 0.1) is 6.92 Å². The molecule has 0 aliphatic rings. The van der Waals surface area contributed by atoms with Crippen molar-refractivity contribution in [2.24, 2.45) is 0 Å². The lowest BCUT2D eigenvalue weighted by molar-refractivity contribution is 0.112. The van der Waals surface area contributed by atoms with Crippen LogP contribution in [0.25, 0.3) is 10.1 Å². The SMILES string of the molecule is Cc1cccc2c(C=O)c(Cl)sc12. The summed E-state index contributed by atoms with van der Waals surface area (Å²) in [6.07, 6.45) is 0.820. The number of hydrogen-bond acceptors (Lipinski definition) is 2. The molecular weight excluding hydrogens is 204 g/mol. The Morgan fingerprint density at radius 2 is 2.23 bits per heavy atom. The largest absolute Gasteiger partial charge is 0.298 e. The van der Waals surface area contributed by atoms with E-state index in [1.165, 1.54) is 11.3 Å². The van der Waals surface area contributed by atoms with Crippen molar-refractivity contribution in [2.75, 3.05) is 0 Å². The van der Waals surface area contributed by atoms with Gasteiger partial charge in [0, 0.05) is 10.1 Å². The van der Waals surface area contributed by atoms with E-state index in [9.17, 15) is 4.79 Å². The van der Waals surface area contributed by atoms with E-state index in [-0.39, 0.29) is 0 Å². The van der Waals surface area contributed by atoms with Gasteiger partial charge in [0.1, 0.15) is 4.34 Å².